The van der Waals surface area contributed by atoms with E-state index in [2.05, 4.69) is 10.3 Å². The van der Waals surface area contributed by atoms with Gasteiger partial charge in [0.25, 0.3) is 5.91 Å². The van der Waals surface area contributed by atoms with Gasteiger partial charge in [-0.15, -0.1) is 0 Å². The molecule has 6 heteroatoms. The highest BCUT2D eigenvalue weighted by Crippen LogP contribution is 2.25. The topological polar surface area (TPSA) is 65.4 Å². The number of amides is 1. The molecule has 134 valence electrons. The van der Waals surface area contributed by atoms with Crippen molar-refractivity contribution in [3.8, 4) is 17.2 Å². The molecule has 3 aromatic rings. The third kappa shape index (κ3) is 3.69. The summed E-state index contributed by atoms with van der Waals surface area (Å²) in [5.41, 5.74) is 2.46. The van der Waals surface area contributed by atoms with Crippen molar-refractivity contribution in [2.45, 2.75) is 13.0 Å². The van der Waals surface area contributed by atoms with E-state index >= 15 is 0 Å². The smallest absolute Gasteiger partial charge is 0.255 e. The van der Waals surface area contributed by atoms with Gasteiger partial charge in [0.05, 0.1) is 32.2 Å². The van der Waals surface area contributed by atoms with Crippen LogP contribution in [0.3, 0.4) is 0 Å². The van der Waals surface area contributed by atoms with Crippen LogP contribution in [0.15, 0.2) is 61.2 Å². The van der Waals surface area contributed by atoms with Gasteiger partial charge in [-0.05, 0) is 42.8 Å². The summed E-state index contributed by atoms with van der Waals surface area (Å²) >= 11 is 0. The number of nitrogens with zero attached hydrogens (tertiary/aromatic N) is 2. The number of nitrogens with one attached hydrogen (secondary N) is 1. The average molecular weight is 351 g/mol. The maximum Gasteiger partial charge on any atom is 0.255 e. The van der Waals surface area contributed by atoms with E-state index in [0.29, 0.717) is 17.1 Å². The molecule has 0 saturated carbocycles. The summed E-state index contributed by atoms with van der Waals surface area (Å²) in [5.74, 6) is 0.895. The second kappa shape index (κ2) is 7.74. The zero-order valence-corrected chi connectivity index (χ0v) is 15.0. The molecular formula is C20H21N3O3. The zero-order chi connectivity index (χ0) is 18.5. The lowest BCUT2D eigenvalue weighted by atomic mass is 10.1. The largest absolute Gasteiger partial charge is 0.497 e. The monoisotopic (exact) mass is 351 g/mol. The Kier molecular flexibility index (Phi) is 5.22. The lowest BCUT2D eigenvalue weighted by Gasteiger charge is -2.17. The lowest BCUT2D eigenvalue weighted by molar-refractivity contribution is 0.0936. The van der Waals surface area contributed by atoms with Crippen molar-refractivity contribution in [2.75, 3.05) is 14.2 Å². The van der Waals surface area contributed by atoms with Crippen LogP contribution in [0.4, 0.5) is 0 Å². The summed E-state index contributed by atoms with van der Waals surface area (Å²) in [5, 5.41) is 3.00. The van der Waals surface area contributed by atoms with Crippen molar-refractivity contribution < 1.29 is 14.3 Å². The molecule has 26 heavy (non-hydrogen) atoms. The maximum absolute atomic E-state index is 12.7. The first-order valence-electron chi connectivity index (χ1n) is 8.23. The molecule has 0 aliphatic rings. The van der Waals surface area contributed by atoms with Gasteiger partial charge < -0.3 is 19.4 Å². The van der Waals surface area contributed by atoms with Crippen LogP contribution in [-0.2, 0) is 0 Å². The van der Waals surface area contributed by atoms with Crippen LogP contribution in [0.25, 0.3) is 5.69 Å². The molecule has 0 aliphatic carbocycles. The van der Waals surface area contributed by atoms with E-state index in [1.807, 2.05) is 42.0 Å². The second-order valence-electron chi connectivity index (χ2n) is 5.82. The van der Waals surface area contributed by atoms with Crippen LogP contribution in [-0.4, -0.2) is 29.7 Å². The van der Waals surface area contributed by atoms with Crippen molar-refractivity contribution in [1.29, 1.82) is 0 Å². The molecule has 1 N–H and O–H groups in total. The first-order chi connectivity index (χ1) is 12.6. The Bertz CT molecular complexity index is 874. The Labute approximate surface area is 152 Å². The highest BCUT2D eigenvalue weighted by molar-refractivity contribution is 5.97. The summed E-state index contributed by atoms with van der Waals surface area (Å²) in [6.45, 7) is 1.94. The molecule has 0 spiro atoms. The first-order valence-corrected chi connectivity index (χ1v) is 8.23. The van der Waals surface area contributed by atoms with Crippen LogP contribution < -0.4 is 14.8 Å². The highest BCUT2D eigenvalue weighted by Gasteiger charge is 2.16. The number of benzene rings is 2. The predicted molar refractivity (Wildman–Crippen MR) is 99.0 cm³/mol. The summed E-state index contributed by atoms with van der Waals surface area (Å²) < 4.78 is 12.4. The molecule has 0 saturated heterocycles. The van der Waals surface area contributed by atoms with Gasteiger partial charge in [-0.25, -0.2) is 4.98 Å². The van der Waals surface area contributed by atoms with E-state index in [1.165, 1.54) is 7.11 Å². The number of carbonyl (C=O) groups excluding carboxylic acids is 1. The minimum absolute atomic E-state index is 0.157. The van der Waals surface area contributed by atoms with Gasteiger partial charge in [0, 0.05) is 18.1 Å². The molecule has 3 rings (SSSR count). The Balaban J connectivity index is 1.75. The van der Waals surface area contributed by atoms with Crippen LogP contribution in [0.2, 0.25) is 0 Å². The third-order valence-electron chi connectivity index (χ3n) is 4.19. The quantitative estimate of drug-likeness (QED) is 0.739. The van der Waals surface area contributed by atoms with Gasteiger partial charge in [-0.1, -0.05) is 12.1 Å². The van der Waals surface area contributed by atoms with Crippen LogP contribution >= 0.6 is 0 Å². The summed E-state index contributed by atoms with van der Waals surface area (Å²) in [6.07, 6.45) is 5.36. The Morgan fingerprint density at radius 2 is 1.88 bits per heavy atom. The number of hydrogen-bond donors (Lipinski definition) is 1. The van der Waals surface area contributed by atoms with E-state index in [9.17, 15) is 4.79 Å². The molecule has 2 aromatic carbocycles. The molecule has 1 unspecified atom stereocenters. The van der Waals surface area contributed by atoms with Crippen molar-refractivity contribution in [3.63, 3.8) is 0 Å². The molecule has 1 amide bonds. The number of imidazole rings is 1. The second-order valence-corrected chi connectivity index (χ2v) is 5.82. The van der Waals surface area contributed by atoms with Gasteiger partial charge >= 0.3 is 0 Å². The molecule has 6 nitrogen and oxygen atoms in total. The molecule has 0 fully saturated rings. The van der Waals surface area contributed by atoms with Crippen LogP contribution in [0, 0.1) is 0 Å². The van der Waals surface area contributed by atoms with Crippen LogP contribution in [0.1, 0.15) is 28.9 Å². The van der Waals surface area contributed by atoms with Gasteiger partial charge in [-0.3, -0.25) is 4.79 Å². The standard InChI is InChI=1S/C20H21N3O3/c1-14(15-4-6-16(7-5-15)23-11-10-21-13-23)22-20(24)18-12-17(25-2)8-9-19(18)26-3/h4-14H,1-3H3,(H,22,24). The van der Waals surface area contributed by atoms with E-state index < -0.39 is 0 Å². The molecule has 0 radical (unpaired) electrons. The van der Waals surface area contributed by atoms with Gasteiger partial charge in [0.2, 0.25) is 0 Å². The van der Waals surface area contributed by atoms with E-state index in [1.54, 1.807) is 37.8 Å². The number of carbonyl (C=O) groups is 1. The fraction of sp³-hybridized carbons (Fsp3) is 0.200. The van der Waals surface area contributed by atoms with Gasteiger partial charge in [-0.2, -0.15) is 0 Å². The Morgan fingerprint density at radius 1 is 1.12 bits per heavy atom. The maximum atomic E-state index is 12.7. The Hall–Kier alpha value is -3.28. The van der Waals surface area contributed by atoms with E-state index in [4.69, 9.17) is 9.47 Å². The summed E-state index contributed by atoms with van der Waals surface area (Å²) in [6, 6.07) is 13.0. The summed E-state index contributed by atoms with van der Waals surface area (Å²) in [4.78, 5) is 16.7. The van der Waals surface area contributed by atoms with Gasteiger partial charge in [0.1, 0.15) is 11.5 Å². The minimum Gasteiger partial charge on any atom is -0.497 e. The number of ether oxygens (including phenoxy) is 2. The highest BCUT2D eigenvalue weighted by atomic mass is 16.5. The third-order valence-corrected chi connectivity index (χ3v) is 4.19. The van der Waals surface area contributed by atoms with Crippen molar-refractivity contribution >= 4 is 5.91 Å². The normalized spacial score (nSPS) is 11.7. The van der Waals surface area contributed by atoms with Crippen molar-refractivity contribution in [1.82, 2.24) is 14.9 Å². The van der Waals surface area contributed by atoms with E-state index in [0.717, 1.165) is 11.3 Å². The zero-order valence-electron chi connectivity index (χ0n) is 15.0. The van der Waals surface area contributed by atoms with E-state index in [-0.39, 0.29) is 11.9 Å². The van der Waals surface area contributed by atoms with Crippen LogP contribution in [0.5, 0.6) is 11.5 Å². The molecule has 0 bridgehead atoms. The summed E-state index contributed by atoms with van der Waals surface area (Å²) in [7, 11) is 3.10. The first kappa shape index (κ1) is 17.5. The molecule has 0 aliphatic heterocycles. The molecular weight excluding hydrogens is 330 g/mol. The number of hydrogen-bond acceptors (Lipinski definition) is 4. The fourth-order valence-corrected chi connectivity index (χ4v) is 2.70. The average Bonchev–Trinajstić information content (AvgIpc) is 3.22. The Morgan fingerprint density at radius 3 is 2.50 bits per heavy atom. The number of methoxy groups -OCH3 is 2. The number of aromatic nitrogens is 2. The molecule has 1 atom stereocenters. The minimum atomic E-state index is -0.216. The fourth-order valence-electron chi connectivity index (χ4n) is 2.70. The predicted octanol–water partition coefficient (Wildman–Crippen LogP) is 3.38. The molecule has 1 heterocycles. The van der Waals surface area contributed by atoms with Crippen molar-refractivity contribution in [3.05, 3.63) is 72.3 Å². The molecule has 1 aromatic heterocycles. The lowest BCUT2D eigenvalue weighted by Crippen LogP contribution is -2.27. The van der Waals surface area contributed by atoms with Gasteiger partial charge in [0.15, 0.2) is 0 Å². The van der Waals surface area contributed by atoms with Crippen molar-refractivity contribution in [2.24, 2.45) is 0 Å². The number of rotatable bonds is 6. The SMILES string of the molecule is COc1ccc(OC)c(C(=O)NC(C)c2ccc(-n3ccnc3)cc2)c1.